The standard InChI is InChI=1S/C21H18Cl2N2O3/c22-14-6-4-13(5-7-14)21(28)8-10-25(11-9-21)20(27)16-12-24-18-15(19(16)26)2-1-3-17(18)23/h1-7,12,28H,8-11H2,(H,24,26). The molecule has 1 aliphatic heterocycles. The van der Waals surface area contributed by atoms with Crippen LogP contribution < -0.4 is 5.43 Å². The summed E-state index contributed by atoms with van der Waals surface area (Å²) in [5, 5.41) is 12.4. The number of benzene rings is 2. The van der Waals surface area contributed by atoms with E-state index in [0.29, 0.717) is 46.9 Å². The lowest BCUT2D eigenvalue weighted by Crippen LogP contribution is -2.46. The van der Waals surface area contributed by atoms with E-state index < -0.39 is 5.60 Å². The molecular weight excluding hydrogens is 399 g/mol. The van der Waals surface area contributed by atoms with Gasteiger partial charge in [-0.15, -0.1) is 0 Å². The van der Waals surface area contributed by atoms with Crippen LogP contribution in [0.3, 0.4) is 0 Å². The molecule has 0 radical (unpaired) electrons. The van der Waals surface area contributed by atoms with Gasteiger partial charge in [-0.05, 0) is 42.7 Å². The first-order valence-electron chi connectivity index (χ1n) is 8.97. The molecule has 0 saturated carbocycles. The van der Waals surface area contributed by atoms with E-state index in [1.807, 2.05) is 0 Å². The number of aromatic nitrogens is 1. The second-order valence-corrected chi connectivity index (χ2v) is 7.87. The molecule has 1 aromatic heterocycles. The monoisotopic (exact) mass is 416 g/mol. The Morgan fingerprint density at radius 2 is 1.75 bits per heavy atom. The molecule has 0 spiro atoms. The number of hydrogen-bond donors (Lipinski definition) is 2. The van der Waals surface area contributed by atoms with Crippen LogP contribution in [0.25, 0.3) is 10.9 Å². The van der Waals surface area contributed by atoms with Gasteiger partial charge in [-0.3, -0.25) is 9.59 Å². The van der Waals surface area contributed by atoms with E-state index in [2.05, 4.69) is 4.98 Å². The molecule has 0 bridgehead atoms. The van der Waals surface area contributed by atoms with Crippen LogP contribution in [0, 0.1) is 0 Å². The van der Waals surface area contributed by atoms with E-state index in [0.717, 1.165) is 5.56 Å². The molecule has 1 amide bonds. The van der Waals surface area contributed by atoms with Gasteiger partial charge < -0.3 is 15.0 Å². The van der Waals surface area contributed by atoms with Crippen LogP contribution in [0.15, 0.2) is 53.5 Å². The van der Waals surface area contributed by atoms with Gasteiger partial charge in [-0.25, -0.2) is 0 Å². The zero-order valence-corrected chi connectivity index (χ0v) is 16.4. The number of piperidine rings is 1. The van der Waals surface area contributed by atoms with Gasteiger partial charge in [0, 0.05) is 29.7 Å². The van der Waals surface area contributed by atoms with Gasteiger partial charge in [0.1, 0.15) is 5.56 Å². The Kier molecular flexibility index (Phi) is 4.91. The summed E-state index contributed by atoms with van der Waals surface area (Å²) >= 11 is 12.0. The van der Waals surface area contributed by atoms with Crippen molar-refractivity contribution in [2.24, 2.45) is 0 Å². The molecule has 0 atom stereocenters. The predicted octanol–water partition coefficient (Wildman–Crippen LogP) is 3.96. The van der Waals surface area contributed by atoms with Crippen molar-refractivity contribution in [1.82, 2.24) is 9.88 Å². The number of amides is 1. The molecule has 1 fully saturated rings. The normalized spacial score (nSPS) is 16.3. The van der Waals surface area contributed by atoms with E-state index in [9.17, 15) is 14.7 Å². The van der Waals surface area contributed by atoms with Crippen molar-refractivity contribution in [2.75, 3.05) is 13.1 Å². The number of nitrogens with zero attached hydrogens (tertiary/aromatic N) is 1. The highest BCUT2D eigenvalue weighted by Gasteiger charge is 2.36. The smallest absolute Gasteiger partial charge is 0.259 e. The van der Waals surface area contributed by atoms with E-state index in [1.165, 1.54) is 6.20 Å². The topological polar surface area (TPSA) is 73.4 Å². The Morgan fingerprint density at radius 1 is 1.07 bits per heavy atom. The average Bonchev–Trinajstić information content (AvgIpc) is 2.69. The SMILES string of the molecule is O=C(c1c[nH]c2c(Cl)cccc2c1=O)N1CCC(O)(c2ccc(Cl)cc2)CC1. The Hall–Kier alpha value is -2.34. The van der Waals surface area contributed by atoms with Crippen LogP contribution in [0.4, 0.5) is 0 Å². The third-order valence-corrected chi connectivity index (χ3v) is 5.92. The fraction of sp³-hybridized carbons (Fsp3) is 0.238. The number of likely N-dealkylation sites (tertiary alicyclic amines) is 1. The predicted molar refractivity (Wildman–Crippen MR) is 110 cm³/mol. The van der Waals surface area contributed by atoms with Crippen LogP contribution >= 0.6 is 23.2 Å². The number of rotatable bonds is 2. The molecule has 7 heteroatoms. The van der Waals surface area contributed by atoms with Gasteiger partial charge in [0.25, 0.3) is 5.91 Å². The molecule has 1 saturated heterocycles. The van der Waals surface area contributed by atoms with E-state index in [1.54, 1.807) is 47.4 Å². The van der Waals surface area contributed by atoms with Gasteiger partial charge in [0.05, 0.1) is 16.1 Å². The van der Waals surface area contributed by atoms with Crippen molar-refractivity contribution >= 4 is 40.0 Å². The van der Waals surface area contributed by atoms with Crippen LogP contribution in [-0.2, 0) is 5.60 Å². The van der Waals surface area contributed by atoms with Crippen molar-refractivity contribution in [3.8, 4) is 0 Å². The maximum atomic E-state index is 12.9. The molecule has 5 nitrogen and oxygen atoms in total. The van der Waals surface area contributed by atoms with Crippen LogP contribution in [0.5, 0.6) is 0 Å². The first kappa shape index (κ1) is 19.0. The summed E-state index contributed by atoms with van der Waals surface area (Å²) in [6, 6.07) is 12.1. The number of fused-ring (bicyclic) bond motifs is 1. The minimum Gasteiger partial charge on any atom is -0.385 e. The summed E-state index contributed by atoms with van der Waals surface area (Å²) < 4.78 is 0. The molecule has 144 valence electrons. The second-order valence-electron chi connectivity index (χ2n) is 7.02. The Balaban J connectivity index is 1.56. The highest BCUT2D eigenvalue weighted by molar-refractivity contribution is 6.35. The number of aromatic amines is 1. The van der Waals surface area contributed by atoms with E-state index in [-0.39, 0.29) is 16.9 Å². The quantitative estimate of drug-likeness (QED) is 0.663. The molecule has 4 rings (SSSR count). The van der Waals surface area contributed by atoms with Crippen molar-refractivity contribution in [2.45, 2.75) is 18.4 Å². The number of nitrogens with one attached hydrogen (secondary N) is 1. The zero-order chi connectivity index (χ0) is 19.9. The van der Waals surface area contributed by atoms with Gasteiger partial charge >= 0.3 is 0 Å². The molecule has 28 heavy (non-hydrogen) atoms. The number of carbonyl (C=O) groups excluding carboxylic acids is 1. The summed E-state index contributed by atoms with van der Waals surface area (Å²) in [7, 11) is 0. The van der Waals surface area contributed by atoms with Crippen LogP contribution in [0.1, 0.15) is 28.8 Å². The summed E-state index contributed by atoms with van der Waals surface area (Å²) in [6.45, 7) is 0.704. The number of hydrogen-bond acceptors (Lipinski definition) is 3. The highest BCUT2D eigenvalue weighted by Crippen LogP contribution is 2.33. The first-order chi connectivity index (χ1) is 13.4. The maximum Gasteiger partial charge on any atom is 0.259 e. The Labute approximate surface area is 171 Å². The Bertz CT molecular complexity index is 1100. The third kappa shape index (κ3) is 3.30. The fourth-order valence-corrected chi connectivity index (χ4v) is 4.03. The highest BCUT2D eigenvalue weighted by atomic mass is 35.5. The minimum absolute atomic E-state index is 0.0756. The number of H-pyrrole nitrogens is 1. The molecule has 3 aromatic rings. The minimum atomic E-state index is -1.01. The van der Waals surface area contributed by atoms with Gasteiger partial charge in [0.2, 0.25) is 5.43 Å². The summed E-state index contributed by atoms with van der Waals surface area (Å²) in [5.41, 5.74) is 0.0141. The lowest BCUT2D eigenvalue weighted by atomic mass is 9.84. The molecule has 0 unspecified atom stereocenters. The first-order valence-corrected chi connectivity index (χ1v) is 9.72. The Morgan fingerprint density at radius 3 is 2.43 bits per heavy atom. The third-order valence-electron chi connectivity index (χ3n) is 5.35. The molecule has 2 N–H and O–H groups in total. The van der Waals surface area contributed by atoms with Crippen molar-refractivity contribution in [3.63, 3.8) is 0 Å². The van der Waals surface area contributed by atoms with Crippen LogP contribution in [0.2, 0.25) is 10.0 Å². The van der Waals surface area contributed by atoms with Gasteiger partial charge in [-0.1, -0.05) is 41.4 Å². The van der Waals surface area contributed by atoms with Crippen molar-refractivity contribution in [1.29, 1.82) is 0 Å². The number of pyridine rings is 1. The van der Waals surface area contributed by atoms with Crippen LogP contribution in [-0.4, -0.2) is 34.0 Å². The van der Waals surface area contributed by atoms with Gasteiger partial charge in [0.15, 0.2) is 0 Å². The number of para-hydroxylation sites is 1. The van der Waals surface area contributed by atoms with Crippen molar-refractivity contribution in [3.05, 3.63) is 80.1 Å². The summed E-state index contributed by atoms with van der Waals surface area (Å²) in [5.74, 6) is -0.346. The lowest BCUT2D eigenvalue weighted by Gasteiger charge is -2.38. The second kappa shape index (κ2) is 7.24. The van der Waals surface area contributed by atoms with E-state index >= 15 is 0 Å². The fourth-order valence-electron chi connectivity index (χ4n) is 3.67. The largest absolute Gasteiger partial charge is 0.385 e. The summed E-state index contributed by atoms with van der Waals surface area (Å²) in [6.07, 6.45) is 2.19. The number of aliphatic hydroxyl groups is 1. The number of halogens is 2. The molecule has 2 aromatic carbocycles. The lowest BCUT2D eigenvalue weighted by molar-refractivity contribution is -0.0211. The summed E-state index contributed by atoms with van der Waals surface area (Å²) in [4.78, 5) is 30.2. The zero-order valence-electron chi connectivity index (χ0n) is 14.9. The molecule has 1 aliphatic rings. The maximum absolute atomic E-state index is 12.9. The number of carbonyl (C=O) groups is 1. The molecular formula is C21H18Cl2N2O3. The molecule has 0 aliphatic carbocycles. The van der Waals surface area contributed by atoms with E-state index in [4.69, 9.17) is 23.2 Å². The van der Waals surface area contributed by atoms with Gasteiger partial charge in [-0.2, -0.15) is 0 Å². The molecule has 2 heterocycles. The van der Waals surface area contributed by atoms with Crippen molar-refractivity contribution < 1.29 is 9.90 Å². The average molecular weight is 417 g/mol.